The first-order valence-electron chi connectivity index (χ1n) is 3.64. The van der Waals surface area contributed by atoms with E-state index in [0.717, 1.165) is 6.42 Å². The number of hydrogen-bond donors (Lipinski definition) is 0. The van der Waals surface area contributed by atoms with Crippen LogP contribution in [0.5, 0.6) is 0 Å². The topological polar surface area (TPSA) is 0 Å². The van der Waals surface area contributed by atoms with Crippen LogP contribution in [0.25, 0.3) is 0 Å². The molecule has 0 N–H and O–H groups in total. The van der Waals surface area contributed by atoms with E-state index in [0.29, 0.717) is 6.90 Å². The molecule has 0 atom stereocenters. The zero-order valence-corrected chi connectivity index (χ0v) is 12.1. The van der Waals surface area contributed by atoms with Gasteiger partial charge >= 0.3 is 21.1 Å². The van der Waals surface area contributed by atoms with E-state index < -0.39 is 0 Å². The summed E-state index contributed by atoms with van der Waals surface area (Å²) in [4.78, 5) is 0. The fourth-order valence-corrected chi connectivity index (χ4v) is 0. The molecule has 0 rings (SSSR count). The summed E-state index contributed by atoms with van der Waals surface area (Å²) in [5.74, 6) is 0. The Morgan fingerprint density at radius 1 is 0.727 bits per heavy atom. The van der Waals surface area contributed by atoms with Crippen LogP contribution in [0.15, 0.2) is 0 Å². The largest absolute Gasteiger partial charge is 2.00 e. The standard InChI is InChI=1S/C4H9.C2H5.13CH4.CH3.2W/c1-3-4-2;1-2;;;;;;;;;;;;;;;;/h3H,4H2,1-2H3;1H2,2H3;13*1H4;1H3;;/q2*-1;;;;;;;;;;;;;;-1;;+2/i1T;;;;;;;;;;;;;;;1T;;. The molecule has 0 aliphatic carbocycles. The zero-order valence-electron chi connectivity index (χ0n) is 8.22. The molecule has 0 unspecified atom stereocenters. The molecular formula is C20H69W2-. The molecular weight excluding hydrogens is 608 g/mol. The minimum atomic E-state index is 0. The van der Waals surface area contributed by atoms with Crippen molar-refractivity contribution in [1.29, 1.82) is 0 Å². The molecule has 0 saturated carbocycles. The van der Waals surface area contributed by atoms with E-state index in [1.807, 2.05) is 13.3 Å². The molecule has 0 aromatic rings. The Labute approximate surface area is 188 Å². The Hall–Kier alpha value is 1.38. The predicted molar refractivity (Wildman–Crippen MR) is 125 cm³/mol. The number of unbranched alkanes of at least 4 members (excludes halogenated alkanes) is 1. The molecule has 0 fully saturated rings. The summed E-state index contributed by atoms with van der Waals surface area (Å²) >= 11 is 0. The normalized spacial score (nSPS) is 2.55. The summed E-state index contributed by atoms with van der Waals surface area (Å²) in [5.41, 5.74) is 0. The molecule has 0 aliphatic rings. The van der Waals surface area contributed by atoms with E-state index in [9.17, 15) is 0 Å². The van der Waals surface area contributed by atoms with Crippen molar-refractivity contribution in [2.75, 3.05) is 0 Å². The van der Waals surface area contributed by atoms with Crippen LogP contribution in [0.1, 0.15) is 126 Å². The number of hydrogen-bond acceptors (Lipinski definition) is 0. The minimum absolute atomic E-state index is 0. The fourth-order valence-electron chi connectivity index (χ4n) is 0. The average Bonchev–Trinajstić information content (AvgIpc) is 1.98. The quantitative estimate of drug-likeness (QED) is 0.242. The molecule has 0 aromatic heterocycles. The molecule has 22 heavy (non-hydrogen) atoms. The Kier molecular flexibility index (Phi) is 8770. The molecule has 0 radical (unpaired) electrons. The molecule has 0 amide bonds. The molecule has 0 aliphatic heterocycles. The maximum atomic E-state index is 6.55. The minimum Gasteiger partial charge on any atom is -0.358 e. The summed E-state index contributed by atoms with van der Waals surface area (Å²) in [6, 6.07) is 0. The van der Waals surface area contributed by atoms with Gasteiger partial charge in [0.2, 0.25) is 0 Å². The SMILES string of the molecule is C.C.C.C.C.C.C.C.C.C.C.C.C.[3H]C[CH-]CC.[3H][CH2-].[CH2-]C.[W+2].[W]. The molecule has 0 heterocycles. The maximum Gasteiger partial charge on any atom is 2.00 e. The first-order valence-corrected chi connectivity index (χ1v) is 2.23. The molecule has 0 aromatic carbocycles. The molecule has 2 heteroatoms. The van der Waals surface area contributed by atoms with Gasteiger partial charge in [0, 0.05) is 21.1 Å². The Bertz CT molecular complexity index is 27.1. The second-order valence-electron chi connectivity index (χ2n) is 0.697. The summed E-state index contributed by atoms with van der Waals surface area (Å²) in [5, 5.41) is 0. The van der Waals surface area contributed by atoms with E-state index in [-0.39, 0.29) is 139 Å². The van der Waals surface area contributed by atoms with Gasteiger partial charge in [0.1, 0.15) is 0 Å². The first kappa shape index (κ1) is 215. The van der Waals surface area contributed by atoms with Crippen molar-refractivity contribution in [2.24, 2.45) is 0 Å². The smallest absolute Gasteiger partial charge is 0.358 e. The molecule has 0 spiro atoms. The van der Waals surface area contributed by atoms with Gasteiger partial charge in [-0.15, -0.1) is 0 Å². The monoisotopic (exact) mass is 681 g/mol. The zero-order chi connectivity index (χ0) is 8.12. The summed E-state index contributed by atoms with van der Waals surface area (Å²) in [7, 11) is 2.50. The second-order valence-corrected chi connectivity index (χ2v) is 0.697. The van der Waals surface area contributed by atoms with Gasteiger partial charge in [-0.2, -0.15) is 20.2 Å². The van der Waals surface area contributed by atoms with E-state index in [2.05, 4.69) is 14.3 Å². The van der Waals surface area contributed by atoms with Gasteiger partial charge in [-0.3, -0.25) is 0 Å². The van der Waals surface area contributed by atoms with Gasteiger partial charge in [-0.05, 0) is 1.37 Å². The Balaban J connectivity index is -0.00000000113. The van der Waals surface area contributed by atoms with Crippen molar-refractivity contribution in [2.45, 2.75) is 124 Å². The van der Waals surface area contributed by atoms with Crippen molar-refractivity contribution >= 4 is 0 Å². The summed E-state index contributed by atoms with van der Waals surface area (Å²) < 4.78 is 12.0. The van der Waals surface area contributed by atoms with Gasteiger partial charge in [0.15, 0.2) is 0 Å². The van der Waals surface area contributed by atoms with E-state index >= 15 is 0 Å². The molecule has 0 nitrogen and oxygen atoms in total. The van der Waals surface area contributed by atoms with Crippen molar-refractivity contribution in [3.63, 3.8) is 0 Å². The van der Waals surface area contributed by atoms with E-state index in [4.69, 9.17) is 2.74 Å². The third kappa shape index (κ3) is 1570. The third-order valence-corrected chi connectivity index (χ3v) is 0.289. The van der Waals surface area contributed by atoms with E-state index in [1.54, 1.807) is 6.92 Å². The van der Waals surface area contributed by atoms with Crippen LogP contribution >= 0.6 is 0 Å². The summed E-state index contributed by atoms with van der Waals surface area (Å²) in [6.45, 7) is 7.50. The van der Waals surface area contributed by atoms with E-state index in [1.165, 1.54) is 0 Å². The van der Waals surface area contributed by atoms with Crippen molar-refractivity contribution in [3.8, 4) is 0 Å². The predicted octanol–water partition coefficient (Wildman–Crippen LogP) is 11.2. The molecule has 162 valence electrons. The van der Waals surface area contributed by atoms with Crippen LogP contribution in [-0.2, 0) is 42.1 Å². The van der Waals surface area contributed by atoms with Crippen LogP contribution in [-0.4, -0.2) is 0 Å². The van der Waals surface area contributed by atoms with Gasteiger partial charge < -0.3 is 20.7 Å². The van der Waals surface area contributed by atoms with Gasteiger partial charge in [-0.25, -0.2) is 1.37 Å². The van der Waals surface area contributed by atoms with Gasteiger partial charge in [0.25, 0.3) is 0 Å². The van der Waals surface area contributed by atoms with Crippen molar-refractivity contribution < 1.29 is 44.9 Å². The second kappa shape index (κ2) is 897. The van der Waals surface area contributed by atoms with Crippen molar-refractivity contribution in [3.05, 3.63) is 20.7 Å². The van der Waals surface area contributed by atoms with Crippen LogP contribution in [0.3, 0.4) is 0 Å². The van der Waals surface area contributed by atoms with Crippen LogP contribution in [0.4, 0.5) is 0 Å². The summed E-state index contributed by atoms with van der Waals surface area (Å²) in [6.07, 6.45) is 2.95. The Morgan fingerprint density at radius 3 is 0.864 bits per heavy atom. The van der Waals surface area contributed by atoms with Crippen LogP contribution in [0, 0.1) is 20.7 Å². The number of rotatable bonds is 1. The maximum absolute atomic E-state index is 6.55. The fraction of sp³-hybridized carbons (Fsp3) is 0.850. The van der Waals surface area contributed by atoms with Gasteiger partial charge in [0.05, 0.1) is 0 Å². The average molecular weight is 681 g/mol. The van der Waals surface area contributed by atoms with Gasteiger partial charge in [-0.1, -0.05) is 103 Å². The molecule has 0 bridgehead atoms. The molecule has 0 saturated heterocycles. The van der Waals surface area contributed by atoms with Crippen molar-refractivity contribution in [1.82, 2.24) is 0 Å². The third-order valence-electron chi connectivity index (χ3n) is 0.289. The Morgan fingerprint density at radius 2 is 0.864 bits per heavy atom. The van der Waals surface area contributed by atoms with Crippen LogP contribution < -0.4 is 0 Å². The first-order chi connectivity index (χ1) is 4.41. The van der Waals surface area contributed by atoms with Crippen LogP contribution in [0.2, 0.25) is 0 Å².